The number of benzene rings is 2. The third-order valence-corrected chi connectivity index (χ3v) is 4.77. The molecule has 26 heavy (non-hydrogen) atoms. The van der Waals surface area contributed by atoms with Crippen LogP contribution in [0.4, 0.5) is 17.3 Å². The molecule has 3 aromatic rings. The molecule has 1 aromatic heterocycles. The minimum atomic E-state index is 0.779. The van der Waals surface area contributed by atoms with Crippen molar-refractivity contribution in [2.24, 2.45) is 0 Å². The van der Waals surface area contributed by atoms with E-state index in [1.807, 2.05) is 13.0 Å². The molecule has 0 amide bonds. The molecule has 0 radical (unpaired) electrons. The van der Waals surface area contributed by atoms with Gasteiger partial charge in [-0.05, 0) is 37.5 Å². The second-order valence-corrected chi connectivity index (χ2v) is 6.73. The van der Waals surface area contributed by atoms with E-state index in [1.54, 1.807) is 0 Å². The molecule has 1 fully saturated rings. The van der Waals surface area contributed by atoms with Crippen LogP contribution in [0.15, 0.2) is 66.7 Å². The molecular formula is C22H24N4. The van der Waals surface area contributed by atoms with Gasteiger partial charge >= 0.3 is 0 Å². The molecule has 0 spiro atoms. The molecule has 4 rings (SSSR count). The smallest absolute Gasteiger partial charge is 0.139 e. The number of hydrogen-bond donors (Lipinski definition) is 0. The zero-order valence-corrected chi connectivity index (χ0v) is 15.2. The lowest BCUT2D eigenvalue weighted by atomic mass is 10.2. The number of rotatable bonds is 5. The molecule has 0 aliphatic carbocycles. The molecule has 4 nitrogen and oxygen atoms in total. The summed E-state index contributed by atoms with van der Waals surface area (Å²) in [6, 6.07) is 23.1. The Morgan fingerprint density at radius 3 is 2.23 bits per heavy atom. The molecule has 0 atom stereocenters. The van der Waals surface area contributed by atoms with E-state index < -0.39 is 0 Å². The molecular weight excluding hydrogens is 320 g/mol. The minimum Gasteiger partial charge on any atom is -0.356 e. The number of aromatic nitrogens is 2. The van der Waals surface area contributed by atoms with Gasteiger partial charge in [-0.15, -0.1) is 0 Å². The van der Waals surface area contributed by atoms with Crippen LogP contribution in [0, 0.1) is 6.92 Å². The number of para-hydroxylation sites is 1. The highest BCUT2D eigenvalue weighted by atomic mass is 15.2. The van der Waals surface area contributed by atoms with Gasteiger partial charge in [0.15, 0.2) is 0 Å². The molecule has 2 aromatic carbocycles. The Kier molecular flexibility index (Phi) is 4.82. The van der Waals surface area contributed by atoms with Crippen LogP contribution >= 0.6 is 0 Å². The second-order valence-electron chi connectivity index (χ2n) is 6.73. The van der Waals surface area contributed by atoms with Crippen LogP contribution in [0.2, 0.25) is 0 Å². The van der Waals surface area contributed by atoms with Crippen molar-refractivity contribution in [1.82, 2.24) is 9.97 Å². The molecule has 1 aliphatic heterocycles. The summed E-state index contributed by atoms with van der Waals surface area (Å²) >= 11 is 0. The Hall–Kier alpha value is -2.88. The largest absolute Gasteiger partial charge is 0.356 e. The maximum absolute atomic E-state index is 4.77. The van der Waals surface area contributed by atoms with Gasteiger partial charge in [0.1, 0.15) is 17.5 Å². The fraction of sp³-hybridized carbons (Fsp3) is 0.273. The van der Waals surface area contributed by atoms with Crippen molar-refractivity contribution in [2.75, 3.05) is 22.9 Å². The zero-order chi connectivity index (χ0) is 17.8. The fourth-order valence-corrected chi connectivity index (χ4v) is 3.46. The van der Waals surface area contributed by atoms with Crippen molar-refractivity contribution in [3.63, 3.8) is 0 Å². The highest BCUT2D eigenvalue weighted by Gasteiger charge is 2.18. The first-order chi connectivity index (χ1) is 12.8. The molecule has 0 saturated carbocycles. The highest BCUT2D eigenvalue weighted by Crippen LogP contribution is 2.29. The van der Waals surface area contributed by atoms with E-state index in [0.717, 1.165) is 42.8 Å². The Morgan fingerprint density at radius 1 is 0.885 bits per heavy atom. The van der Waals surface area contributed by atoms with E-state index in [2.05, 4.69) is 75.4 Å². The van der Waals surface area contributed by atoms with Gasteiger partial charge in [-0.25, -0.2) is 9.97 Å². The highest BCUT2D eigenvalue weighted by molar-refractivity contribution is 5.63. The van der Waals surface area contributed by atoms with Crippen molar-refractivity contribution >= 4 is 17.3 Å². The second kappa shape index (κ2) is 7.56. The number of aryl methyl sites for hydroxylation is 1. The van der Waals surface area contributed by atoms with Gasteiger partial charge in [0, 0.05) is 31.4 Å². The monoisotopic (exact) mass is 344 g/mol. The van der Waals surface area contributed by atoms with Gasteiger partial charge in [-0.1, -0.05) is 48.5 Å². The van der Waals surface area contributed by atoms with Crippen LogP contribution in [-0.4, -0.2) is 23.1 Å². The van der Waals surface area contributed by atoms with Crippen LogP contribution in [0.5, 0.6) is 0 Å². The van der Waals surface area contributed by atoms with E-state index in [1.165, 1.54) is 18.4 Å². The van der Waals surface area contributed by atoms with Gasteiger partial charge < -0.3 is 9.80 Å². The summed E-state index contributed by atoms with van der Waals surface area (Å²) in [4.78, 5) is 14.1. The fourth-order valence-electron chi connectivity index (χ4n) is 3.46. The van der Waals surface area contributed by atoms with Gasteiger partial charge in [0.05, 0.1) is 0 Å². The van der Waals surface area contributed by atoms with Crippen LogP contribution in [0.1, 0.15) is 24.2 Å². The maximum Gasteiger partial charge on any atom is 0.139 e. The standard InChI is InChI=1S/C22H24N4/c1-18-23-21(25-14-8-9-15-25)16-22(24-18)26(20-12-6-3-7-13-20)17-19-10-4-2-5-11-19/h2-7,10-13,16H,8-9,14-15,17H2,1H3. The van der Waals surface area contributed by atoms with E-state index in [-0.39, 0.29) is 0 Å². The van der Waals surface area contributed by atoms with Crippen molar-refractivity contribution < 1.29 is 0 Å². The number of nitrogens with zero attached hydrogens (tertiary/aromatic N) is 4. The quantitative estimate of drug-likeness (QED) is 0.670. The Labute approximate surface area is 155 Å². The van der Waals surface area contributed by atoms with Crippen LogP contribution in [-0.2, 0) is 6.54 Å². The average Bonchev–Trinajstić information content (AvgIpc) is 3.22. The summed E-state index contributed by atoms with van der Waals surface area (Å²) in [5.74, 6) is 2.81. The Balaban J connectivity index is 1.73. The molecule has 0 bridgehead atoms. The maximum atomic E-state index is 4.77. The van der Waals surface area contributed by atoms with Crippen LogP contribution in [0.3, 0.4) is 0 Å². The molecule has 132 valence electrons. The summed E-state index contributed by atoms with van der Waals surface area (Å²) in [7, 11) is 0. The normalized spacial score (nSPS) is 13.8. The lowest BCUT2D eigenvalue weighted by Crippen LogP contribution is -2.22. The van der Waals surface area contributed by atoms with Crippen molar-refractivity contribution in [1.29, 1.82) is 0 Å². The molecule has 0 unspecified atom stereocenters. The third-order valence-electron chi connectivity index (χ3n) is 4.77. The lowest BCUT2D eigenvalue weighted by molar-refractivity contribution is 0.883. The van der Waals surface area contributed by atoms with Gasteiger partial charge in [-0.2, -0.15) is 0 Å². The summed E-state index contributed by atoms with van der Waals surface area (Å²) in [6.07, 6.45) is 2.48. The van der Waals surface area contributed by atoms with Crippen LogP contribution < -0.4 is 9.80 Å². The molecule has 1 aliphatic rings. The third kappa shape index (κ3) is 3.69. The first-order valence-electron chi connectivity index (χ1n) is 9.27. The van der Waals surface area contributed by atoms with E-state index in [0.29, 0.717) is 0 Å². The first kappa shape index (κ1) is 16.6. The molecule has 0 N–H and O–H groups in total. The van der Waals surface area contributed by atoms with Crippen molar-refractivity contribution in [2.45, 2.75) is 26.3 Å². The van der Waals surface area contributed by atoms with Crippen molar-refractivity contribution in [3.8, 4) is 0 Å². The number of hydrogen-bond acceptors (Lipinski definition) is 4. The van der Waals surface area contributed by atoms with E-state index in [4.69, 9.17) is 4.98 Å². The summed E-state index contributed by atoms with van der Waals surface area (Å²) in [5.41, 5.74) is 2.40. The van der Waals surface area contributed by atoms with Gasteiger partial charge in [-0.3, -0.25) is 0 Å². The zero-order valence-electron chi connectivity index (χ0n) is 15.2. The topological polar surface area (TPSA) is 32.3 Å². The van der Waals surface area contributed by atoms with Crippen molar-refractivity contribution in [3.05, 3.63) is 78.1 Å². The number of anilines is 3. The molecule has 1 saturated heterocycles. The predicted molar refractivity (Wildman–Crippen MR) is 107 cm³/mol. The SMILES string of the molecule is Cc1nc(N2CCCC2)cc(N(Cc2ccccc2)c2ccccc2)n1. The van der Waals surface area contributed by atoms with E-state index >= 15 is 0 Å². The summed E-state index contributed by atoms with van der Waals surface area (Å²) in [5, 5.41) is 0. The van der Waals surface area contributed by atoms with Crippen LogP contribution in [0.25, 0.3) is 0 Å². The molecule has 2 heterocycles. The predicted octanol–water partition coefficient (Wildman–Crippen LogP) is 4.72. The van der Waals surface area contributed by atoms with E-state index in [9.17, 15) is 0 Å². The minimum absolute atomic E-state index is 0.779. The summed E-state index contributed by atoms with van der Waals surface area (Å²) < 4.78 is 0. The average molecular weight is 344 g/mol. The van der Waals surface area contributed by atoms with Gasteiger partial charge in [0.2, 0.25) is 0 Å². The van der Waals surface area contributed by atoms with Gasteiger partial charge in [0.25, 0.3) is 0 Å². The Morgan fingerprint density at radius 2 is 1.54 bits per heavy atom. The summed E-state index contributed by atoms with van der Waals surface area (Å²) in [6.45, 7) is 4.93. The Bertz CT molecular complexity index is 843. The molecule has 4 heteroatoms. The lowest BCUT2D eigenvalue weighted by Gasteiger charge is -2.26. The first-order valence-corrected chi connectivity index (χ1v) is 9.27.